The van der Waals surface area contributed by atoms with Gasteiger partial charge >= 0.3 is 0 Å². The molecule has 0 fully saturated rings. The van der Waals surface area contributed by atoms with Crippen molar-refractivity contribution >= 4 is 27.5 Å². The second-order valence-corrected chi connectivity index (χ2v) is 12.4. The lowest BCUT2D eigenvalue weighted by Crippen LogP contribution is -2.55. The Morgan fingerprint density at radius 1 is 0.925 bits per heavy atom. The van der Waals surface area contributed by atoms with Crippen LogP contribution >= 0.6 is 0 Å². The molecule has 0 aliphatic carbocycles. The van der Waals surface area contributed by atoms with Crippen LogP contribution in [0.15, 0.2) is 78.9 Å². The summed E-state index contributed by atoms with van der Waals surface area (Å²) in [4.78, 5) is 28.3. The zero-order chi connectivity index (χ0) is 29.5. The lowest BCUT2D eigenvalue weighted by Gasteiger charge is -2.34. The average Bonchev–Trinajstić information content (AvgIpc) is 2.87. The van der Waals surface area contributed by atoms with Crippen molar-refractivity contribution in [2.45, 2.75) is 52.2 Å². The second-order valence-electron chi connectivity index (χ2n) is 10.5. The highest BCUT2D eigenvalue weighted by Gasteiger charge is 2.33. The third-order valence-electron chi connectivity index (χ3n) is 5.93. The Morgan fingerprint density at radius 3 is 2.02 bits per heavy atom. The first kappa shape index (κ1) is 30.6. The fourth-order valence-corrected chi connectivity index (χ4v) is 4.93. The first-order chi connectivity index (χ1) is 18.8. The molecule has 10 heteroatoms. The van der Waals surface area contributed by atoms with Gasteiger partial charge in [-0.3, -0.25) is 13.9 Å². The minimum atomic E-state index is -3.88. The molecule has 3 aromatic rings. The van der Waals surface area contributed by atoms with Crippen LogP contribution in [0.3, 0.4) is 0 Å². The zero-order valence-electron chi connectivity index (χ0n) is 23.4. The van der Waals surface area contributed by atoms with Crippen molar-refractivity contribution in [2.24, 2.45) is 0 Å². The molecule has 1 atom stereocenters. The van der Waals surface area contributed by atoms with Crippen molar-refractivity contribution in [3.63, 3.8) is 0 Å². The van der Waals surface area contributed by atoms with E-state index in [-0.39, 0.29) is 18.1 Å². The number of hydrogen-bond donors (Lipinski definition) is 1. The number of anilines is 1. The molecular weight excluding hydrogens is 533 g/mol. The Labute approximate surface area is 235 Å². The average molecular weight is 570 g/mol. The molecule has 3 rings (SSSR count). The number of rotatable bonds is 11. The molecule has 0 saturated heterocycles. The van der Waals surface area contributed by atoms with Crippen molar-refractivity contribution < 1.29 is 27.1 Å². The summed E-state index contributed by atoms with van der Waals surface area (Å²) in [5, 5.41) is 2.90. The van der Waals surface area contributed by atoms with E-state index in [4.69, 9.17) is 4.74 Å². The van der Waals surface area contributed by atoms with E-state index in [1.54, 1.807) is 43.3 Å². The van der Waals surface area contributed by atoms with Crippen molar-refractivity contribution in [2.75, 3.05) is 17.1 Å². The quantitative estimate of drug-likeness (QED) is 0.346. The van der Waals surface area contributed by atoms with Gasteiger partial charge in [0, 0.05) is 12.1 Å². The predicted octanol–water partition coefficient (Wildman–Crippen LogP) is 5.11. The number of carbonyl (C=O) groups excluding carboxylic acids is 2. The third kappa shape index (κ3) is 8.81. The normalized spacial score (nSPS) is 12.3. The van der Waals surface area contributed by atoms with Crippen LogP contribution in [0.2, 0.25) is 0 Å². The van der Waals surface area contributed by atoms with Gasteiger partial charge in [-0.25, -0.2) is 12.8 Å². The highest BCUT2D eigenvalue weighted by molar-refractivity contribution is 7.92. The second kappa shape index (κ2) is 13.0. The third-order valence-corrected chi connectivity index (χ3v) is 7.07. The topological polar surface area (TPSA) is 96.0 Å². The number of benzene rings is 3. The van der Waals surface area contributed by atoms with Crippen LogP contribution in [-0.2, 0) is 26.2 Å². The predicted molar refractivity (Wildman–Crippen MR) is 154 cm³/mol. The van der Waals surface area contributed by atoms with Crippen molar-refractivity contribution in [1.29, 1.82) is 0 Å². The van der Waals surface area contributed by atoms with Crippen molar-refractivity contribution in [3.05, 3.63) is 90.2 Å². The van der Waals surface area contributed by atoms with Crippen molar-refractivity contribution in [3.8, 4) is 11.5 Å². The summed E-state index contributed by atoms with van der Waals surface area (Å²) < 4.78 is 46.0. The van der Waals surface area contributed by atoms with E-state index in [0.717, 1.165) is 10.6 Å². The summed E-state index contributed by atoms with van der Waals surface area (Å²) >= 11 is 0. The standard InChI is InChI=1S/C30H36FN3O5S/c1-6-27(29(36)32-30(2,3)4)33(20-22-12-14-23(31)15-13-22)28(35)21-34(40(5,37)38)24-16-18-26(19-17-24)39-25-10-8-7-9-11-25/h7-19,27H,6,20-21H2,1-5H3,(H,32,36). The molecule has 1 N–H and O–H groups in total. The smallest absolute Gasteiger partial charge is 0.244 e. The first-order valence-corrected chi connectivity index (χ1v) is 14.8. The van der Waals surface area contributed by atoms with Gasteiger partial charge in [-0.15, -0.1) is 0 Å². The number of carbonyl (C=O) groups is 2. The Morgan fingerprint density at radius 2 is 1.50 bits per heavy atom. The summed E-state index contributed by atoms with van der Waals surface area (Å²) in [6.07, 6.45) is 1.31. The van der Waals surface area contributed by atoms with E-state index in [2.05, 4.69) is 5.32 Å². The number of halogens is 1. The molecule has 0 bridgehead atoms. The highest BCUT2D eigenvalue weighted by Crippen LogP contribution is 2.26. The van der Waals surface area contributed by atoms with Gasteiger partial charge in [0.25, 0.3) is 0 Å². The number of nitrogens with zero attached hydrogens (tertiary/aromatic N) is 2. The molecule has 0 aliphatic rings. The maximum atomic E-state index is 13.8. The molecule has 1 unspecified atom stereocenters. The molecule has 8 nitrogen and oxygen atoms in total. The lowest BCUT2D eigenvalue weighted by molar-refractivity contribution is -0.141. The zero-order valence-corrected chi connectivity index (χ0v) is 24.2. The molecule has 0 aromatic heterocycles. The van der Waals surface area contributed by atoms with Crippen LogP contribution in [0.4, 0.5) is 10.1 Å². The van der Waals surface area contributed by atoms with Crippen LogP contribution in [0, 0.1) is 5.82 Å². The number of hydrogen-bond acceptors (Lipinski definition) is 5. The Hall–Kier alpha value is -3.92. The van der Waals surface area contributed by atoms with Gasteiger partial charge < -0.3 is 15.0 Å². The molecule has 40 heavy (non-hydrogen) atoms. The largest absolute Gasteiger partial charge is 0.457 e. The minimum Gasteiger partial charge on any atom is -0.457 e. The highest BCUT2D eigenvalue weighted by atomic mass is 32.2. The molecule has 0 radical (unpaired) electrons. The molecule has 0 saturated carbocycles. The molecular formula is C30H36FN3O5S. The van der Waals surface area contributed by atoms with E-state index in [9.17, 15) is 22.4 Å². The van der Waals surface area contributed by atoms with Crippen LogP contribution in [0.25, 0.3) is 0 Å². The molecule has 2 amide bonds. The molecule has 0 spiro atoms. The monoisotopic (exact) mass is 569 g/mol. The maximum absolute atomic E-state index is 13.8. The number of nitrogens with one attached hydrogen (secondary N) is 1. The van der Waals surface area contributed by atoms with Gasteiger partial charge in [-0.2, -0.15) is 0 Å². The summed E-state index contributed by atoms with van der Waals surface area (Å²) in [7, 11) is -3.88. The fourth-order valence-electron chi connectivity index (χ4n) is 4.08. The van der Waals surface area contributed by atoms with E-state index in [1.165, 1.54) is 29.2 Å². The van der Waals surface area contributed by atoms with E-state index in [0.29, 0.717) is 23.5 Å². The molecule has 0 aliphatic heterocycles. The van der Waals surface area contributed by atoms with Crippen LogP contribution < -0.4 is 14.4 Å². The molecule has 3 aromatic carbocycles. The van der Waals surface area contributed by atoms with E-state index < -0.39 is 39.9 Å². The minimum absolute atomic E-state index is 0.00334. The fraction of sp³-hybridized carbons (Fsp3) is 0.333. The Kier molecular flexibility index (Phi) is 9.92. The Bertz CT molecular complexity index is 1390. The van der Waals surface area contributed by atoms with Crippen LogP contribution in [0.1, 0.15) is 39.7 Å². The van der Waals surface area contributed by atoms with Crippen LogP contribution in [0.5, 0.6) is 11.5 Å². The molecule has 0 heterocycles. The first-order valence-electron chi connectivity index (χ1n) is 12.9. The van der Waals surface area contributed by atoms with Gasteiger partial charge in [0.1, 0.15) is 29.9 Å². The SMILES string of the molecule is CCC(C(=O)NC(C)(C)C)N(Cc1ccc(F)cc1)C(=O)CN(c1ccc(Oc2ccccc2)cc1)S(C)(=O)=O. The number of sulfonamides is 1. The number of ether oxygens (including phenoxy) is 1. The summed E-state index contributed by atoms with van der Waals surface area (Å²) in [6.45, 7) is 6.74. The maximum Gasteiger partial charge on any atom is 0.244 e. The van der Waals surface area contributed by atoms with E-state index in [1.807, 2.05) is 39.0 Å². The number of amides is 2. The lowest BCUT2D eigenvalue weighted by atomic mass is 10.1. The summed E-state index contributed by atoms with van der Waals surface area (Å²) in [5.41, 5.74) is 0.326. The summed E-state index contributed by atoms with van der Waals surface area (Å²) in [6, 6.07) is 20.2. The van der Waals surface area contributed by atoms with Crippen LogP contribution in [-0.4, -0.2) is 49.5 Å². The van der Waals surface area contributed by atoms with Crippen molar-refractivity contribution in [1.82, 2.24) is 10.2 Å². The van der Waals surface area contributed by atoms with Gasteiger partial charge in [0.05, 0.1) is 11.9 Å². The number of para-hydroxylation sites is 1. The van der Waals surface area contributed by atoms with E-state index >= 15 is 0 Å². The van der Waals surface area contributed by atoms with Gasteiger partial charge in [0.15, 0.2) is 0 Å². The summed E-state index contributed by atoms with van der Waals surface area (Å²) in [5.74, 6) is -0.241. The van der Waals surface area contributed by atoms with Gasteiger partial charge in [-0.1, -0.05) is 37.3 Å². The van der Waals surface area contributed by atoms with Gasteiger partial charge in [0.2, 0.25) is 21.8 Å². The Balaban J connectivity index is 1.90. The van der Waals surface area contributed by atoms with Gasteiger partial charge in [-0.05, 0) is 81.3 Å². The molecule has 214 valence electrons.